The van der Waals surface area contributed by atoms with E-state index in [1.54, 1.807) is 0 Å². The first-order valence-electron chi connectivity index (χ1n) is 5.65. The van der Waals surface area contributed by atoms with Gasteiger partial charge in [-0.15, -0.1) is 0 Å². The highest BCUT2D eigenvalue weighted by atomic mass is 16.3. The summed E-state index contributed by atoms with van der Waals surface area (Å²) in [6.07, 6.45) is 0. The summed E-state index contributed by atoms with van der Waals surface area (Å²) in [4.78, 5) is 4.41. The molecule has 4 heteroatoms. The standard InChI is InChI=1S/C13H13N3O/c1-8(2)12-14-13(16-15-12)11-7-9-5-3-4-6-10(9)17-11/h3-8H,1-2H3,(H,14,15,16). The van der Waals surface area contributed by atoms with Crippen LogP contribution >= 0.6 is 0 Å². The van der Waals surface area contributed by atoms with Gasteiger partial charge >= 0.3 is 0 Å². The third-order valence-corrected chi connectivity index (χ3v) is 2.70. The van der Waals surface area contributed by atoms with Gasteiger partial charge in [0.05, 0.1) is 0 Å². The van der Waals surface area contributed by atoms with Gasteiger partial charge in [0.1, 0.15) is 11.4 Å². The second-order valence-corrected chi connectivity index (χ2v) is 4.35. The van der Waals surface area contributed by atoms with Crippen LogP contribution in [0.2, 0.25) is 0 Å². The van der Waals surface area contributed by atoms with Crippen molar-refractivity contribution in [1.29, 1.82) is 0 Å². The first-order chi connectivity index (χ1) is 8.24. The highest BCUT2D eigenvalue weighted by Gasteiger charge is 2.12. The molecule has 2 heterocycles. The van der Waals surface area contributed by atoms with Crippen LogP contribution in [0.15, 0.2) is 34.7 Å². The van der Waals surface area contributed by atoms with E-state index >= 15 is 0 Å². The zero-order chi connectivity index (χ0) is 11.8. The highest BCUT2D eigenvalue weighted by molar-refractivity contribution is 5.81. The molecule has 0 amide bonds. The van der Waals surface area contributed by atoms with Gasteiger partial charge in [-0.3, -0.25) is 5.10 Å². The normalized spacial score (nSPS) is 11.5. The van der Waals surface area contributed by atoms with E-state index in [-0.39, 0.29) is 0 Å². The fourth-order valence-corrected chi connectivity index (χ4v) is 1.73. The van der Waals surface area contributed by atoms with E-state index in [0.717, 1.165) is 16.8 Å². The van der Waals surface area contributed by atoms with E-state index in [9.17, 15) is 0 Å². The molecule has 0 fully saturated rings. The number of hydrogen-bond acceptors (Lipinski definition) is 3. The number of hydrogen-bond donors (Lipinski definition) is 1. The van der Waals surface area contributed by atoms with E-state index in [1.807, 2.05) is 30.3 Å². The second kappa shape index (κ2) is 3.73. The summed E-state index contributed by atoms with van der Waals surface area (Å²) < 4.78 is 5.70. The molecule has 1 aromatic carbocycles. The zero-order valence-corrected chi connectivity index (χ0v) is 9.77. The van der Waals surface area contributed by atoms with Gasteiger partial charge in [0, 0.05) is 11.3 Å². The fraction of sp³-hybridized carbons (Fsp3) is 0.231. The summed E-state index contributed by atoms with van der Waals surface area (Å²) in [5.41, 5.74) is 0.860. The van der Waals surface area contributed by atoms with E-state index < -0.39 is 0 Å². The Labute approximate surface area is 98.7 Å². The predicted molar refractivity (Wildman–Crippen MR) is 65.7 cm³/mol. The lowest BCUT2D eigenvalue weighted by atomic mass is 10.2. The van der Waals surface area contributed by atoms with Gasteiger partial charge in [0.25, 0.3) is 0 Å². The molecule has 0 unspecified atom stereocenters. The molecule has 2 aromatic heterocycles. The molecular formula is C13H13N3O. The van der Waals surface area contributed by atoms with Gasteiger partial charge in [0.15, 0.2) is 5.76 Å². The van der Waals surface area contributed by atoms with Gasteiger partial charge in [-0.05, 0) is 12.1 Å². The summed E-state index contributed by atoms with van der Waals surface area (Å²) in [6, 6.07) is 9.85. The predicted octanol–water partition coefficient (Wildman–Crippen LogP) is 3.34. The van der Waals surface area contributed by atoms with Crippen LogP contribution in [-0.4, -0.2) is 15.2 Å². The average Bonchev–Trinajstić information content (AvgIpc) is 2.95. The van der Waals surface area contributed by atoms with Crippen LogP contribution in [0.5, 0.6) is 0 Å². The van der Waals surface area contributed by atoms with Gasteiger partial charge in [-0.25, -0.2) is 4.98 Å². The van der Waals surface area contributed by atoms with E-state index in [4.69, 9.17) is 4.42 Å². The highest BCUT2D eigenvalue weighted by Crippen LogP contribution is 2.25. The van der Waals surface area contributed by atoms with E-state index in [2.05, 4.69) is 29.0 Å². The molecule has 86 valence electrons. The van der Waals surface area contributed by atoms with Gasteiger partial charge in [-0.2, -0.15) is 5.10 Å². The van der Waals surface area contributed by atoms with E-state index in [0.29, 0.717) is 17.5 Å². The third kappa shape index (κ3) is 1.71. The Hall–Kier alpha value is -2.10. The van der Waals surface area contributed by atoms with Crippen molar-refractivity contribution in [2.45, 2.75) is 19.8 Å². The molecule has 0 bridgehead atoms. The summed E-state index contributed by atoms with van der Waals surface area (Å²) in [5, 5.41) is 8.17. The SMILES string of the molecule is CC(C)c1nc(-c2cc3ccccc3o2)n[nH]1. The number of benzene rings is 1. The number of rotatable bonds is 2. The minimum absolute atomic E-state index is 0.334. The zero-order valence-electron chi connectivity index (χ0n) is 9.77. The Kier molecular flexibility index (Phi) is 2.21. The third-order valence-electron chi connectivity index (χ3n) is 2.70. The van der Waals surface area contributed by atoms with Crippen LogP contribution in [0.25, 0.3) is 22.6 Å². The van der Waals surface area contributed by atoms with Crippen LogP contribution in [-0.2, 0) is 0 Å². The van der Waals surface area contributed by atoms with Crippen molar-refractivity contribution in [2.24, 2.45) is 0 Å². The number of fused-ring (bicyclic) bond motifs is 1. The molecule has 0 atom stereocenters. The van der Waals surface area contributed by atoms with Crippen LogP contribution < -0.4 is 0 Å². The first-order valence-corrected chi connectivity index (χ1v) is 5.65. The number of para-hydroxylation sites is 1. The number of aromatic amines is 1. The van der Waals surface area contributed by atoms with Crippen LogP contribution in [0.3, 0.4) is 0 Å². The molecule has 0 saturated carbocycles. The topological polar surface area (TPSA) is 54.7 Å². The molecule has 0 aliphatic heterocycles. The molecule has 4 nitrogen and oxygen atoms in total. The van der Waals surface area contributed by atoms with Crippen molar-refractivity contribution in [3.8, 4) is 11.6 Å². The summed E-state index contributed by atoms with van der Waals surface area (Å²) in [6.45, 7) is 4.14. The monoisotopic (exact) mass is 227 g/mol. The van der Waals surface area contributed by atoms with Crippen molar-refractivity contribution in [2.75, 3.05) is 0 Å². The number of aromatic nitrogens is 3. The molecule has 3 aromatic rings. The van der Waals surface area contributed by atoms with Gasteiger partial charge in [-0.1, -0.05) is 32.0 Å². The summed E-state index contributed by atoms with van der Waals surface area (Å²) in [5.74, 6) is 2.53. The minimum atomic E-state index is 0.334. The summed E-state index contributed by atoms with van der Waals surface area (Å²) >= 11 is 0. The number of furan rings is 1. The lowest BCUT2D eigenvalue weighted by Gasteiger charge is -1.94. The maximum absolute atomic E-state index is 5.70. The molecule has 0 saturated heterocycles. The quantitative estimate of drug-likeness (QED) is 0.730. The van der Waals surface area contributed by atoms with Crippen LogP contribution in [0, 0.1) is 0 Å². The molecule has 0 spiro atoms. The Balaban J connectivity index is 2.07. The molecule has 0 aliphatic rings. The maximum atomic E-state index is 5.70. The average molecular weight is 227 g/mol. The maximum Gasteiger partial charge on any atom is 0.216 e. The largest absolute Gasteiger partial charge is 0.453 e. The number of nitrogens with one attached hydrogen (secondary N) is 1. The number of nitrogens with zero attached hydrogens (tertiary/aromatic N) is 2. The Morgan fingerprint density at radius 1 is 1.24 bits per heavy atom. The smallest absolute Gasteiger partial charge is 0.216 e. The molecule has 1 N–H and O–H groups in total. The molecule has 0 aliphatic carbocycles. The molecule has 0 radical (unpaired) electrons. The summed E-state index contributed by atoms with van der Waals surface area (Å²) in [7, 11) is 0. The minimum Gasteiger partial charge on any atom is -0.453 e. The van der Waals surface area contributed by atoms with Crippen molar-refractivity contribution in [3.63, 3.8) is 0 Å². The lowest BCUT2D eigenvalue weighted by Crippen LogP contribution is -1.89. The van der Waals surface area contributed by atoms with Crippen molar-refractivity contribution in [1.82, 2.24) is 15.2 Å². The van der Waals surface area contributed by atoms with Crippen molar-refractivity contribution in [3.05, 3.63) is 36.2 Å². The van der Waals surface area contributed by atoms with Crippen LogP contribution in [0.4, 0.5) is 0 Å². The molecular weight excluding hydrogens is 214 g/mol. The Bertz CT molecular complexity index is 618. The molecule has 3 rings (SSSR count). The van der Waals surface area contributed by atoms with Gasteiger partial charge < -0.3 is 4.42 Å². The number of H-pyrrole nitrogens is 1. The van der Waals surface area contributed by atoms with E-state index in [1.165, 1.54) is 0 Å². The molecule has 17 heavy (non-hydrogen) atoms. The first kappa shape index (κ1) is 10.1. The Morgan fingerprint density at radius 3 is 2.76 bits per heavy atom. The Morgan fingerprint density at radius 2 is 2.06 bits per heavy atom. The van der Waals surface area contributed by atoms with Crippen molar-refractivity contribution >= 4 is 11.0 Å². The van der Waals surface area contributed by atoms with Crippen LogP contribution in [0.1, 0.15) is 25.6 Å². The van der Waals surface area contributed by atoms with Gasteiger partial charge in [0.2, 0.25) is 5.82 Å². The fourth-order valence-electron chi connectivity index (χ4n) is 1.73. The van der Waals surface area contributed by atoms with Crippen molar-refractivity contribution < 1.29 is 4.42 Å². The second-order valence-electron chi connectivity index (χ2n) is 4.35. The lowest BCUT2D eigenvalue weighted by molar-refractivity contribution is 0.625.